The molecule has 1 amide bonds. The molecule has 0 saturated carbocycles. The first-order valence-corrected chi connectivity index (χ1v) is 3.82. The quantitative estimate of drug-likeness (QED) is 0.625. The van der Waals surface area contributed by atoms with Crippen molar-refractivity contribution in [3.63, 3.8) is 0 Å². The Morgan fingerprint density at radius 2 is 2.42 bits per heavy atom. The standard InChI is InChI=1S/C8H13NO3/c1-3-6-4-9(8(10)11)5-7(6)12-2/h3,6-7H,1,4-5H2,2H3,(H,10,11). The van der Waals surface area contributed by atoms with Gasteiger partial charge in [0, 0.05) is 19.6 Å². The molecule has 0 bridgehead atoms. The van der Waals surface area contributed by atoms with Gasteiger partial charge in [0.1, 0.15) is 0 Å². The van der Waals surface area contributed by atoms with Crippen molar-refractivity contribution in [3.8, 4) is 0 Å². The van der Waals surface area contributed by atoms with Crippen LogP contribution < -0.4 is 0 Å². The van der Waals surface area contributed by atoms with Gasteiger partial charge in [-0.05, 0) is 0 Å². The molecule has 0 aromatic carbocycles. The van der Waals surface area contributed by atoms with Gasteiger partial charge in [0.2, 0.25) is 0 Å². The van der Waals surface area contributed by atoms with Gasteiger partial charge in [-0.1, -0.05) is 6.08 Å². The number of nitrogens with zero attached hydrogens (tertiary/aromatic N) is 1. The molecule has 1 N–H and O–H groups in total. The fourth-order valence-electron chi connectivity index (χ4n) is 1.43. The first-order valence-electron chi connectivity index (χ1n) is 3.82. The highest BCUT2D eigenvalue weighted by Gasteiger charge is 2.33. The second-order valence-electron chi connectivity index (χ2n) is 2.86. The summed E-state index contributed by atoms with van der Waals surface area (Å²) in [6.07, 6.45) is 0.830. The number of carboxylic acid groups (broad SMARTS) is 1. The number of carbonyl (C=O) groups is 1. The Balaban J connectivity index is 2.58. The van der Waals surface area contributed by atoms with E-state index in [-0.39, 0.29) is 12.0 Å². The normalized spacial score (nSPS) is 28.9. The van der Waals surface area contributed by atoms with Crippen LogP contribution in [0, 0.1) is 5.92 Å². The average molecular weight is 171 g/mol. The summed E-state index contributed by atoms with van der Waals surface area (Å²) in [5, 5.41) is 8.68. The van der Waals surface area contributed by atoms with Gasteiger partial charge in [-0.3, -0.25) is 0 Å². The Bertz CT molecular complexity index is 193. The van der Waals surface area contributed by atoms with Gasteiger partial charge in [-0.2, -0.15) is 0 Å². The second kappa shape index (κ2) is 3.58. The smallest absolute Gasteiger partial charge is 0.407 e. The van der Waals surface area contributed by atoms with E-state index in [0.29, 0.717) is 13.1 Å². The molecule has 0 aliphatic carbocycles. The summed E-state index contributed by atoms with van der Waals surface area (Å²) < 4.78 is 5.12. The molecule has 1 aliphatic rings. The fourth-order valence-corrected chi connectivity index (χ4v) is 1.43. The molecule has 2 unspecified atom stereocenters. The molecule has 4 heteroatoms. The third-order valence-corrected chi connectivity index (χ3v) is 2.19. The van der Waals surface area contributed by atoms with Gasteiger partial charge < -0.3 is 14.7 Å². The van der Waals surface area contributed by atoms with Crippen LogP contribution in [0.15, 0.2) is 12.7 Å². The predicted octanol–water partition coefficient (Wildman–Crippen LogP) is 0.797. The number of hydrogen-bond acceptors (Lipinski definition) is 2. The molecule has 1 rings (SSSR count). The number of rotatable bonds is 2. The van der Waals surface area contributed by atoms with Gasteiger partial charge >= 0.3 is 6.09 Å². The zero-order valence-electron chi connectivity index (χ0n) is 7.06. The van der Waals surface area contributed by atoms with E-state index in [0.717, 1.165) is 0 Å². The van der Waals surface area contributed by atoms with Crippen molar-refractivity contribution in [2.24, 2.45) is 5.92 Å². The van der Waals surface area contributed by atoms with E-state index >= 15 is 0 Å². The third kappa shape index (κ3) is 1.58. The zero-order valence-corrected chi connectivity index (χ0v) is 7.06. The first kappa shape index (κ1) is 9.06. The van der Waals surface area contributed by atoms with Gasteiger partial charge in [-0.25, -0.2) is 4.79 Å². The summed E-state index contributed by atoms with van der Waals surface area (Å²) in [5.74, 6) is 0.131. The van der Waals surface area contributed by atoms with E-state index in [1.165, 1.54) is 4.90 Å². The molecule has 1 aliphatic heterocycles. The van der Waals surface area contributed by atoms with Crippen LogP contribution in [0.5, 0.6) is 0 Å². The van der Waals surface area contributed by atoms with Gasteiger partial charge in [0.05, 0.1) is 12.6 Å². The minimum absolute atomic E-state index is 0.0291. The van der Waals surface area contributed by atoms with E-state index in [1.807, 2.05) is 0 Å². The van der Waals surface area contributed by atoms with Crippen LogP contribution in [-0.2, 0) is 4.74 Å². The summed E-state index contributed by atoms with van der Waals surface area (Å²) in [6.45, 7) is 4.58. The van der Waals surface area contributed by atoms with Crippen molar-refractivity contribution in [2.45, 2.75) is 6.10 Å². The van der Waals surface area contributed by atoms with Crippen LogP contribution >= 0.6 is 0 Å². The monoisotopic (exact) mass is 171 g/mol. The van der Waals surface area contributed by atoms with Crippen LogP contribution in [0.4, 0.5) is 4.79 Å². The van der Waals surface area contributed by atoms with E-state index in [2.05, 4.69) is 6.58 Å². The minimum atomic E-state index is -0.888. The maximum atomic E-state index is 10.6. The lowest BCUT2D eigenvalue weighted by Crippen LogP contribution is -2.27. The summed E-state index contributed by atoms with van der Waals surface area (Å²) in [7, 11) is 1.59. The Hall–Kier alpha value is -1.03. The van der Waals surface area contributed by atoms with Crippen molar-refractivity contribution in [1.82, 2.24) is 4.90 Å². The lowest BCUT2D eigenvalue weighted by atomic mass is 10.1. The number of likely N-dealkylation sites (tertiary alicyclic amines) is 1. The number of amides is 1. The van der Waals surface area contributed by atoms with E-state index in [9.17, 15) is 4.79 Å². The number of ether oxygens (including phenoxy) is 1. The summed E-state index contributed by atoms with van der Waals surface area (Å²) in [4.78, 5) is 11.9. The predicted molar refractivity (Wildman–Crippen MR) is 44.1 cm³/mol. The lowest BCUT2D eigenvalue weighted by molar-refractivity contribution is 0.0889. The lowest BCUT2D eigenvalue weighted by Gasteiger charge is -2.11. The molecule has 2 atom stereocenters. The Labute approximate surface area is 71.4 Å². The van der Waals surface area contributed by atoms with Crippen LogP contribution in [-0.4, -0.2) is 42.4 Å². The highest BCUT2D eigenvalue weighted by atomic mass is 16.5. The highest BCUT2D eigenvalue weighted by molar-refractivity contribution is 5.65. The SMILES string of the molecule is C=CC1CN(C(=O)O)CC1OC. The maximum absolute atomic E-state index is 10.6. The third-order valence-electron chi connectivity index (χ3n) is 2.19. The van der Waals surface area contributed by atoms with E-state index in [4.69, 9.17) is 9.84 Å². The van der Waals surface area contributed by atoms with E-state index < -0.39 is 6.09 Å². The first-order chi connectivity index (χ1) is 5.69. The van der Waals surface area contributed by atoms with Crippen LogP contribution in [0.1, 0.15) is 0 Å². The highest BCUT2D eigenvalue weighted by Crippen LogP contribution is 2.19. The van der Waals surface area contributed by atoms with Gasteiger partial charge in [-0.15, -0.1) is 6.58 Å². The molecule has 1 heterocycles. The Morgan fingerprint density at radius 1 is 1.75 bits per heavy atom. The molecule has 0 radical (unpaired) electrons. The molecule has 1 saturated heterocycles. The number of hydrogen-bond donors (Lipinski definition) is 1. The molecule has 0 spiro atoms. The minimum Gasteiger partial charge on any atom is -0.465 e. The summed E-state index contributed by atoms with van der Waals surface area (Å²) in [5.41, 5.74) is 0. The zero-order chi connectivity index (χ0) is 9.14. The number of methoxy groups -OCH3 is 1. The fraction of sp³-hybridized carbons (Fsp3) is 0.625. The Morgan fingerprint density at radius 3 is 2.75 bits per heavy atom. The van der Waals surface area contributed by atoms with Crippen LogP contribution in [0.25, 0.3) is 0 Å². The van der Waals surface area contributed by atoms with Crippen molar-refractivity contribution >= 4 is 6.09 Å². The van der Waals surface area contributed by atoms with Crippen molar-refractivity contribution in [2.75, 3.05) is 20.2 Å². The van der Waals surface area contributed by atoms with E-state index in [1.54, 1.807) is 13.2 Å². The summed E-state index contributed by atoms with van der Waals surface area (Å²) >= 11 is 0. The average Bonchev–Trinajstić information content (AvgIpc) is 2.46. The Kier molecular flexibility index (Phi) is 2.70. The molecule has 12 heavy (non-hydrogen) atoms. The van der Waals surface area contributed by atoms with Crippen molar-refractivity contribution in [1.29, 1.82) is 0 Å². The molecule has 4 nitrogen and oxygen atoms in total. The molecule has 1 fully saturated rings. The maximum Gasteiger partial charge on any atom is 0.407 e. The summed E-state index contributed by atoms with van der Waals surface area (Å²) in [6, 6.07) is 0. The topological polar surface area (TPSA) is 49.8 Å². The molecular formula is C8H13NO3. The molecule has 0 aromatic rings. The van der Waals surface area contributed by atoms with Crippen LogP contribution in [0.3, 0.4) is 0 Å². The molecule has 0 aromatic heterocycles. The van der Waals surface area contributed by atoms with Crippen molar-refractivity contribution in [3.05, 3.63) is 12.7 Å². The molecular weight excluding hydrogens is 158 g/mol. The van der Waals surface area contributed by atoms with Gasteiger partial charge in [0.25, 0.3) is 0 Å². The molecule has 68 valence electrons. The second-order valence-corrected chi connectivity index (χ2v) is 2.86. The van der Waals surface area contributed by atoms with Crippen molar-refractivity contribution < 1.29 is 14.6 Å². The van der Waals surface area contributed by atoms with Gasteiger partial charge in [0.15, 0.2) is 0 Å². The largest absolute Gasteiger partial charge is 0.465 e. The van der Waals surface area contributed by atoms with Crippen LogP contribution in [0.2, 0.25) is 0 Å².